The summed E-state index contributed by atoms with van der Waals surface area (Å²) in [5, 5.41) is 3.28. The predicted molar refractivity (Wildman–Crippen MR) is 74.8 cm³/mol. The molecule has 2 heterocycles. The Morgan fingerprint density at radius 2 is 2.37 bits per heavy atom. The van der Waals surface area contributed by atoms with Gasteiger partial charge in [0.15, 0.2) is 5.82 Å². The summed E-state index contributed by atoms with van der Waals surface area (Å²) in [6.45, 7) is 9.84. The summed E-state index contributed by atoms with van der Waals surface area (Å²) in [6.07, 6.45) is 3.02. The van der Waals surface area contributed by atoms with Crippen LogP contribution in [0.15, 0.2) is 12.3 Å². The zero-order valence-electron chi connectivity index (χ0n) is 11.9. The molecule has 0 aliphatic carbocycles. The molecule has 1 atom stereocenters. The summed E-state index contributed by atoms with van der Waals surface area (Å²) in [4.78, 5) is 11.4. The van der Waals surface area contributed by atoms with Gasteiger partial charge in [0.05, 0.1) is 12.3 Å². The molecule has 1 N–H and O–H groups in total. The van der Waals surface area contributed by atoms with Gasteiger partial charge in [0.1, 0.15) is 6.10 Å². The number of nitrogens with one attached hydrogen (secondary N) is 1. The van der Waals surface area contributed by atoms with E-state index in [1.807, 2.05) is 12.3 Å². The molecule has 0 amide bonds. The van der Waals surface area contributed by atoms with Crippen LogP contribution in [-0.4, -0.2) is 47.7 Å². The maximum absolute atomic E-state index is 5.81. The van der Waals surface area contributed by atoms with Crippen molar-refractivity contribution < 1.29 is 4.74 Å². The molecule has 1 unspecified atom stereocenters. The molecule has 1 aliphatic heterocycles. The highest BCUT2D eigenvalue weighted by Gasteiger charge is 2.23. The van der Waals surface area contributed by atoms with E-state index >= 15 is 0 Å². The lowest BCUT2D eigenvalue weighted by Gasteiger charge is -2.31. The number of rotatable bonds is 6. The lowest BCUT2D eigenvalue weighted by Crippen LogP contribution is -2.39. The van der Waals surface area contributed by atoms with Gasteiger partial charge < -0.3 is 10.1 Å². The third-order valence-corrected chi connectivity index (χ3v) is 3.27. The van der Waals surface area contributed by atoms with Crippen molar-refractivity contribution in [3.8, 4) is 0 Å². The van der Waals surface area contributed by atoms with Gasteiger partial charge in [0, 0.05) is 25.8 Å². The number of ether oxygens (including phenoxy) is 1. The molecule has 0 aromatic carbocycles. The number of hydrogen-bond donors (Lipinski definition) is 1. The van der Waals surface area contributed by atoms with Crippen molar-refractivity contribution in [2.45, 2.75) is 32.9 Å². The first-order chi connectivity index (χ1) is 9.33. The normalized spacial score (nSPS) is 20.6. The lowest BCUT2D eigenvalue weighted by molar-refractivity contribution is -0.0343. The molecule has 2 rings (SSSR count). The molecular formula is C14H24N4O. The maximum Gasteiger partial charge on any atom is 0.158 e. The minimum absolute atomic E-state index is 0.0156. The van der Waals surface area contributed by atoms with Gasteiger partial charge in [-0.3, -0.25) is 4.90 Å². The van der Waals surface area contributed by atoms with E-state index in [4.69, 9.17) is 4.74 Å². The van der Waals surface area contributed by atoms with Crippen molar-refractivity contribution in [1.29, 1.82) is 0 Å². The van der Waals surface area contributed by atoms with Gasteiger partial charge in [0.2, 0.25) is 0 Å². The maximum atomic E-state index is 5.81. The van der Waals surface area contributed by atoms with Crippen LogP contribution < -0.4 is 5.32 Å². The molecule has 19 heavy (non-hydrogen) atoms. The highest BCUT2D eigenvalue weighted by molar-refractivity contribution is 5.05. The third-order valence-electron chi connectivity index (χ3n) is 3.27. The van der Waals surface area contributed by atoms with Crippen molar-refractivity contribution in [2.24, 2.45) is 0 Å². The standard InChI is InChI=1S/C14H24N4O/c1-3-7-18-8-9-19-13(11-18)14-16-6-5-12(17-14)10-15-4-2/h5-6,13,15H,3-4,7-11H2,1-2H3. The Labute approximate surface area is 115 Å². The van der Waals surface area contributed by atoms with Crippen molar-refractivity contribution in [3.63, 3.8) is 0 Å². The van der Waals surface area contributed by atoms with E-state index in [2.05, 4.69) is 34.0 Å². The fraction of sp³-hybridized carbons (Fsp3) is 0.714. The number of morpholine rings is 1. The van der Waals surface area contributed by atoms with Crippen LogP contribution in [0.25, 0.3) is 0 Å². The van der Waals surface area contributed by atoms with Gasteiger partial charge in [0.25, 0.3) is 0 Å². The van der Waals surface area contributed by atoms with Crippen LogP contribution >= 0.6 is 0 Å². The predicted octanol–water partition coefficient (Wildman–Crippen LogP) is 1.37. The van der Waals surface area contributed by atoms with E-state index in [0.717, 1.165) is 50.8 Å². The van der Waals surface area contributed by atoms with Gasteiger partial charge in [-0.1, -0.05) is 13.8 Å². The van der Waals surface area contributed by atoms with Gasteiger partial charge >= 0.3 is 0 Å². The number of nitrogens with zero attached hydrogens (tertiary/aromatic N) is 3. The van der Waals surface area contributed by atoms with Crippen LogP contribution in [0.3, 0.4) is 0 Å². The minimum Gasteiger partial charge on any atom is -0.368 e. The van der Waals surface area contributed by atoms with Gasteiger partial charge in [-0.15, -0.1) is 0 Å². The number of hydrogen-bond acceptors (Lipinski definition) is 5. The molecule has 1 aromatic heterocycles. The first-order valence-corrected chi connectivity index (χ1v) is 7.20. The molecule has 1 aromatic rings. The average molecular weight is 264 g/mol. The third kappa shape index (κ3) is 4.23. The summed E-state index contributed by atoms with van der Waals surface area (Å²) in [5.41, 5.74) is 1.03. The SMILES string of the molecule is CCCN1CCOC(c2nccc(CNCC)n2)C1. The molecule has 106 valence electrons. The molecule has 0 radical (unpaired) electrons. The van der Waals surface area contributed by atoms with Gasteiger partial charge in [-0.25, -0.2) is 9.97 Å². The average Bonchev–Trinajstić information content (AvgIpc) is 2.46. The highest BCUT2D eigenvalue weighted by Crippen LogP contribution is 2.19. The van der Waals surface area contributed by atoms with E-state index < -0.39 is 0 Å². The Morgan fingerprint density at radius 3 is 3.16 bits per heavy atom. The molecule has 5 nitrogen and oxygen atoms in total. The number of aromatic nitrogens is 2. The molecule has 0 bridgehead atoms. The van der Waals surface area contributed by atoms with E-state index in [1.54, 1.807) is 0 Å². The van der Waals surface area contributed by atoms with E-state index in [1.165, 1.54) is 6.42 Å². The molecule has 1 saturated heterocycles. The van der Waals surface area contributed by atoms with Crippen LogP contribution in [0.5, 0.6) is 0 Å². The Balaban J connectivity index is 1.99. The smallest absolute Gasteiger partial charge is 0.158 e. The molecule has 5 heteroatoms. The largest absolute Gasteiger partial charge is 0.368 e. The fourth-order valence-electron chi connectivity index (χ4n) is 2.30. The first kappa shape index (κ1) is 14.4. The zero-order chi connectivity index (χ0) is 13.5. The van der Waals surface area contributed by atoms with Crippen molar-refractivity contribution in [3.05, 3.63) is 23.8 Å². The first-order valence-electron chi connectivity index (χ1n) is 7.20. The van der Waals surface area contributed by atoms with Crippen LogP contribution in [-0.2, 0) is 11.3 Å². The Morgan fingerprint density at radius 1 is 1.47 bits per heavy atom. The Kier molecular flexibility index (Phi) is 5.69. The lowest BCUT2D eigenvalue weighted by atomic mass is 10.2. The quantitative estimate of drug-likeness (QED) is 0.841. The van der Waals surface area contributed by atoms with E-state index in [-0.39, 0.29) is 6.10 Å². The second kappa shape index (κ2) is 7.53. The summed E-state index contributed by atoms with van der Waals surface area (Å²) in [7, 11) is 0. The topological polar surface area (TPSA) is 50.3 Å². The zero-order valence-corrected chi connectivity index (χ0v) is 11.9. The molecule has 1 aliphatic rings. The molecular weight excluding hydrogens is 240 g/mol. The molecule has 0 spiro atoms. The van der Waals surface area contributed by atoms with Crippen LogP contribution in [0.1, 0.15) is 37.9 Å². The molecule has 0 saturated carbocycles. The van der Waals surface area contributed by atoms with Crippen LogP contribution in [0.4, 0.5) is 0 Å². The Bertz CT molecular complexity index is 383. The summed E-state index contributed by atoms with van der Waals surface area (Å²) in [6, 6.07) is 1.96. The molecule has 1 fully saturated rings. The Hall–Kier alpha value is -1.04. The second-order valence-corrected chi connectivity index (χ2v) is 4.85. The van der Waals surface area contributed by atoms with Crippen molar-refractivity contribution >= 4 is 0 Å². The fourth-order valence-corrected chi connectivity index (χ4v) is 2.30. The summed E-state index contributed by atoms with van der Waals surface area (Å²) < 4.78 is 5.81. The second-order valence-electron chi connectivity index (χ2n) is 4.85. The van der Waals surface area contributed by atoms with E-state index in [9.17, 15) is 0 Å². The van der Waals surface area contributed by atoms with Crippen LogP contribution in [0.2, 0.25) is 0 Å². The van der Waals surface area contributed by atoms with Crippen molar-refractivity contribution in [1.82, 2.24) is 20.2 Å². The minimum atomic E-state index is 0.0156. The summed E-state index contributed by atoms with van der Waals surface area (Å²) in [5.74, 6) is 0.816. The van der Waals surface area contributed by atoms with Crippen molar-refractivity contribution in [2.75, 3.05) is 32.8 Å². The van der Waals surface area contributed by atoms with Crippen LogP contribution in [0, 0.1) is 0 Å². The highest BCUT2D eigenvalue weighted by atomic mass is 16.5. The van der Waals surface area contributed by atoms with Gasteiger partial charge in [-0.2, -0.15) is 0 Å². The van der Waals surface area contributed by atoms with Gasteiger partial charge in [-0.05, 0) is 25.6 Å². The summed E-state index contributed by atoms with van der Waals surface area (Å²) >= 11 is 0. The van der Waals surface area contributed by atoms with E-state index in [0.29, 0.717) is 0 Å². The monoisotopic (exact) mass is 264 g/mol.